The second kappa shape index (κ2) is 9.55. The Morgan fingerprint density at radius 1 is 1.17 bits per heavy atom. The maximum Gasteiger partial charge on any atom is 0.411 e. The maximum absolute atomic E-state index is 12.6. The zero-order chi connectivity index (χ0) is 20.9. The molecule has 2 aromatic carbocycles. The van der Waals surface area contributed by atoms with Crippen LogP contribution in [-0.4, -0.2) is 47.4 Å². The van der Waals surface area contributed by atoms with E-state index in [-0.39, 0.29) is 11.7 Å². The van der Waals surface area contributed by atoms with Crippen LogP contribution in [0.25, 0.3) is 10.1 Å². The molecule has 3 aromatic rings. The number of carbonyl (C=O) groups is 2. The Labute approximate surface area is 183 Å². The van der Waals surface area contributed by atoms with Crippen molar-refractivity contribution in [2.45, 2.75) is 12.8 Å². The standard InChI is InChI=1S/C22H22ClN3O3S/c23-18-4-1-15(2-5-18)21(27)16-7-9-26(10-8-16)11-12-29-22(28)25-19-6-3-17-14-24-30-20(17)13-19/h1-6,13-14,16H,7-12H2,(H,25,28). The van der Waals surface area contributed by atoms with Crippen LogP contribution in [0.5, 0.6) is 0 Å². The average Bonchev–Trinajstić information content (AvgIpc) is 3.22. The van der Waals surface area contributed by atoms with Gasteiger partial charge in [0.1, 0.15) is 6.61 Å². The number of amides is 1. The number of rotatable bonds is 6. The van der Waals surface area contributed by atoms with Crippen molar-refractivity contribution in [3.63, 3.8) is 0 Å². The van der Waals surface area contributed by atoms with Gasteiger partial charge in [0, 0.05) is 40.3 Å². The van der Waals surface area contributed by atoms with Crippen LogP contribution in [0.3, 0.4) is 0 Å². The summed E-state index contributed by atoms with van der Waals surface area (Å²) in [6.45, 7) is 2.60. The molecule has 2 heterocycles. The fourth-order valence-corrected chi connectivity index (χ4v) is 4.44. The Morgan fingerprint density at radius 3 is 2.70 bits per heavy atom. The van der Waals surface area contributed by atoms with Gasteiger partial charge in [0.15, 0.2) is 5.78 Å². The molecule has 8 heteroatoms. The van der Waals surface area contributed by atoms with Crippen LogP contribution in [0.2, 0.25) is 5.02 Å². The minimum Gasteiger partial charge on any atom is -0.448 e. The zero-order valence-electron chi connectivity index (χ0n) is 16.3. The Bertz CT molecular complexity index is 1030. The summed E-state index contributed by atoms with van der Waals surface area (Å²) in [4.78, 5) is 26.9. The van der Waals surface area contributed by atoms with Crippen LogP contribution >= 0.6 is 23.1 Å². The van der Waals surface area contributed by atoms with Gasteiger partial charge in [-0.3, -0.25) is 15.0 Å². The molecular formula is C22H22ClN3O3S. The highest BCUT2D eigenvalue weighted by Crippen LogP contribution is 2.23. The van der Waals surface area contributed by atoms with Crippen LogP contribution in [0, 0.1) is 5.92 Å². The molecule has 0 bridgehead atoms. The number of ketones is 1. The van der Waals surface area contributed by atoms with Crippen molar-refractivity contribution in [1.82, 2.24) is 9.27 Å². The summed E-state index contributed by atoms with van der Waals surface area (Å²) in [7, 11) is 0. The lowest BCUT2D eigenvalue weighted by atomic mass is 9.89. The van der Waals surface area contributed by atoms with Crippen molar-refractivity contribution in [1.29, 1.82) is 0 Å². The monoisotopic (exact) mass is 443 g/mol. The van der Waals surface area contributed by atoms with Gasteiger partial charge < -0.3 is 4.74 Å². The largest absolute Gasteiger partial charge is 0.448 e. The highest BCUT2D eigenvalue weighted by atomic mass is 35.5. The summed E-state index contributed by atoms with van der Waals surface area (Å²) < 4.78 is 10.5. The number of benzene rings is 2. The molecule has 0 spiro atoms. The minimum atomic E-state index is -0.466. The number of hydrogen-bond acceptors (Lipinski definition) is 6. The first-order chi connectivity index (χ1) is 14.6. The predicted octanol–water partition coefficient (Wildman–Crippen LogP) is 5.09. The van der Waals surface area contributed by atoms with Gasteiger partial charge >= 0.3 is 6.09 Å². The summed E-state index contributed by atoms with van der Waals surface area (Å²) >= 11 is 7.28. The Morgan fingerprint density at radius 2 is 1.93 bits per heavy atom. The lowest BCUT2D eigenvalue weighted by molar-refractivity contribution is 0.0813. The summed E-state index contributed by atoms with van der Waals surface area (Å²) in [6, 6.07) is 12.7. The Hall–Kier alpha value is -2.48. The molecule has 0 radical (unpaired) electrons. The van der Waals surface area contributed by atoms with E-state index in [2.05, 4.69) is 14.6 Å². The molecule has 1 fully saturated rings. The SMILES string of the molecule is O=C(Nc1ccc2cnsc2c1)OCCN1CCC(C(=O)c2ccc(Cl)cc2)CC1. The quantitative estimate of drug-likeness (QED) is 0.537. The van der Waals surface area contributed by atoms with Crippen molar-refractivity contribution < 1.29 is 14.3 Å². The summed E-state index contributed by atoms with van der Waals surface area (Å²) in [5, 5.41) is 4.44. The number of likely N-dealkylation sites (tertiary alicyclic amines) is 1. The fraction of sp³-hybridized carbons (Fsp3) is 0.318. The number of carbonyl (C=O) groups excluding carboxylic acids is 2. The van der Waals surface area contributed by atoms with Crippen LogP contribution in [0.1, 0.15) is 23.2 Å². The molecule has 0 aliphatic carbocycles. The van der Waals surface area contributed by atoms with E-state index in [0.29, 0.717) is 23.9 Å². The predicted molar refractivity (Wildman–Crippen MR) is 120 cm³/mol. The summed E-state index contributed by atoms with van der Waals surface area (Å²) in [5.74, 6) is 0.216. The van der Waals surface area contributed by atoms with E-state index in [1.54, 1.807) is 30.5 Å². The number of anilines is 1. The molecule has 1 aliphatic heterocycles. The molecule has 1 saturated heterocycles. The zero-order valence-corrected chi connectivity index (χ0v) is 17.9. The molecule has 6 nitrogen and oxygen atoms in total. The maximum atomic E-state index is 12.6. The van der Waals surface area contributed by atoms with Crippen molar-refractivity contribution in [3.05, 3.63) is 59.2 Å². The van der Waals surface area contributed by atoms with E-state index < -0.39 is 6.09 Å². The molecule has 1 aromatic heterocycles. The number of Topliss-reactive ketones (excluding diaryl/α,β-unsaturated/α-hetero) is 1. The normalized spacial score (nSPS) is 15.2. The lowest BCUT2D eigenvalue weighted by Crippen LogP contribution is -2.38. The molecule has 0 atom stereocenters. The van der Waals surface area contributed by atoms with Crippen molar-refractivity contribution in [3.8, 4) is 0 Å². The molecule has 4 rings (SSSR count). The third kappa shape index (κ3) is 5.16. The van der Waals surface area contributed by atoms with Gasteiger partial charge in [0.05, 0.1) is 4.70 Å². The Kier molecular flexibility index (Phi) is 6.62. The molecule has 30 heavy (non-hydrogen) atoms. The third-order valence-electron chi connectivity index (χ3n) is 5.33. The van der Waals surface area contributed by atoms with Gasteiger partial charge in [-0.05, 0) is 79.9 Å². The van der Waals surface area contributed by atoms with Gasteiger partial charge in [-0.2, -0.15) is 4.37 Å². The van der Waals surface area contributed by atoms with Crippen molar-refractivity contribution in [2.75, 3.05) is 31.6 Å². The van der Waals surface area contributed by atoms with Crippen LogP contribution in [-0.2, 0) is 4.74 Å². The average molecular weight is 444 g/mol. The highest BCUT2D eigenvalue weighted by Gasteiger charge is 2.25. The number of halogens is 1. The van der Waals surface area contributed by atoms with Crippen LogP contribution < -0.4 is 5.32 Å². The van der Waals surface area contributed by atoms with Crippen LogP contribution in [0.4, 0.5) is 10.5 Å². The number of ether oxygens (including phenoxy) is 1. The van der Waals surface area contributed by atoms with E-state index in [4.69, 9.17) is 16.3 Å². The van der Waals surface area contributed by atoms with E-state index >= 15 is 0 Å². The first-order valence-electron chi connectivity index (χ1n) is 9.89. The van der Waals surface area contributed by atoms with Gasteiger partial charge in [0.2, 0.25) is 0 Å². The van der Waals surface area contributed by atoms with Crippen LogP contribution in [0.15, 0.2) is 48.7 Å². The molecule has 1 N–H and O–H groups in total. The molecule has 0 unspecified atom stereocenters. The summed E-state index contributed by atoms with van der Waals surface area (Å²) in [6.07, 6.45) is 2.95. The molecule has 1 amide bonds. The number of piperidine rings is 1. The lowest BCUT2D eigenvalue weighted by Gasteiger charge is -2.31. The number of hydrogen-bond donors (Lipinski definition) is 1. The minimum absolute atomic E-state index is 0.0355. The molecular weight excluding hydrogens is 422 g/mol. The van der Waals surface area contributed by atoms with Crippen molar-refractivity contribution >= 4 is 50.8 Å². The van der Waals surface area contributed by atoms with Gasteiger partial charge in [0.25, 0.3) is 0 Å². The van der Waals surface area contributed by atoms with E-state index in [0.717, 1.165) is 41.6 Å². The molecule has 0 saturated carbocycles. The first-order valence-corrected chi connectivity index (χ1v) is 11.0. The third-order valence-corrected chi connectivity index (χ3v) is 6.34. The van der Waals surface area contributed by atoms with Gasteiger partial charge in [-0.15, -0.1) is 0 Å². The molecule has 1 aliphatic rings. The number of aromatic nitrogens is 1. The number of nitrogens with one attached hydrogen (secondary N) is 1. The second-order valence-electron chi connectivity index (χ2n) is 7.33. The van der Waals surface area contributed by atoms with E-state index in [9.17, 15) is 9.59 Å². The van der Waals surface area contributed by atoms with Gasteiger partial charge in [-0.25, -0.2) is 4.79 Å². The fourth-order valence-electron chi connectivity index (χ4n) is 3.63. The topological polar surface area (TPSA) is 71.5 Å². The number of fused-ring (bicyclic) bond motifs is 1. The Balaban J connectivity index is 1.18. The number of nitrogens with zero attached hydrogens (tertiary/aromatic N) is 2. The highest BCUT2D eigenvalue weighted by molar-refractivity contribution is 7.13. The molecule has 156 valence electrons. The van der Waals surface area contributed by atoms with Crippen molar-refractivity contribution in [2.24, 2.45) is 5.92 Å². The summed E-state index contributed by atoms with van der Waals surface area (Å²) in [5.41, 5.74) is 1.41. The smallest absolute Gasteiger partial charge is 0.411 e. The second-order valence-corrected chi connectivity index (χ2v) is 8.60. The van der Waals surface area contributed by atoms with Gasteiger partial charge in [-0.1, -0.05) is 11.6 Å². The van der Waals surface area contributed by atoms with E-state index in [1.807, 2.05) is 18.2 Å². The van der Waals surface area contributed by atoms with E-state index in [1.165, 1.54) is 11.5 Å². The first kappa shape index (κ1) is 20.8.